The number of pyridine rings is 1. The Balaban J connectivity index is 2.83. The smallest absolute Gasteiger partial charge is 0.219 e. The molecule has 0 aromatic carbocycles. The summed E-state index contributed by atoms with van der Waals surface area (Å²) in [6.07, 6.45) is 10.1. The van der Waals surface area contributed by atoms with Crippen LogP contribution in [0.25, 0.3) is 0 Å². The van der Waals surface area contributed by atoms with Gasteiger partial charge < -0.3 is 9.47 Å². The summed E-state index contributed by atoms with van der Waals surface area (Å²) in [5.41, 5.74) is 1.24. The molecule has 0 fully saturated rings. The average Bonchev–Trinajstić information content (AvgIpc) is 2.53. The molecule has 0 spiro atoms. The minimum Gasteiger partial charge on any atom is -0.481 e. The molecule has 0 N–H and O–H groups in total. The van der Waals surface area contributed by atoms with E-state index >= 15 is 0 Å². The van der Waals surface area contributed by atoms with E-state index in [-0.39, 0.29) is 0 Å². The highest BCUT2D eigenvalue weighted by molar-refractivity contribution is 5.33. The van der Waals surface area contributed by atoms with E-state index < -0.39 is 0 Å². The van der Waals surface area contributed by atoms with Crippen molar-refractivity contribution < 1.29 is 9.47 Å². The molecule has 3 nitrogen and oxygen atoms in total. The molecule has 0 radical (unpaired) electrons. The van der Waals surface area contributed by atoms with Crippen LogP contribution in [0.15, 0.2) is 12.1 Å². The van der Waals surface area contributed by atoms with Gasteiger partial charge in [-0.1, -0.05) is 52.4 Å². The van der Waals surface area contributed by atoms with Gasteiger partial charge in [0, 0.05) is 11.6 Å². The Morgan fingerprint density at radius 2 is 1.52 bits per heavy atom. The predicted octanol–water partition coefficient (Wildman–Crippen LogP) is 5.34. The normalized spacial score (nSPS) is 10.9. The SMILES string of the molecule is CCCCCC(CCCCC)c1ccc(OC)nc1OC. The summed E-state index contributed by atoms with van der Waals surface area (Å²) in [7, 11) is 3.34. The Morgan fingerprint density at radius 1 is 0.905 bits per heavy atom. The molecular formula is C18H31NO2. The molecule has 0 aliphatic rings. The standard InChI is InChI=1S/C18H31NO2/c1-5-7-9-11-15(12-10-8-6-2)16-13-14-17(20-3)19-18(16)21-4/h13-15H,5-12H2,1-4H3. The number of nitrogens with zero attached hydrogens (tertiary/aromatic N) is 1. The number of hydrogen-bond acceptors (Lipinski definition) is 3. The van der Waals surface area contributed by atoms with Crippen LogP contribution in [-0.4, -0.2) is 19.2 Å². The molecule has 0 unspecified atom stereocenters. The van der Waals surface area contributed by atoms with E-state index in [9.17, 15) is 0 Å². The molecule has 0 aliphatic heterocycles. The summed E-state index contributed by atoms with van der Waals surface area (Å²) in [5, 5.41) is 0. The summed E-state index contributed by atoms with van der Waals surface area (Å²) in [6, 6.07) is 4.08. The molecule has 1 rings (SSSR count). The van der Waals surface area contributed by atoms with Crippen molar-refractivity contribution in [2.45, 2.75) is 71.1 Å². The number of hydrogen-bond donors (Lipinski definition) is 0. The molecule has 0 amide bonds. The van der Waals surface area contributed by atoms with Crippen molar-refractivity contribution in [3.63, 3.8) is 0 Å². The highest BCUT2D eigenvalue weighted by Crippen LogP contribution is 2.34. The Labute approximate surface area is 130 Å². The van der Waals surface area contributed by atoms with Gasteiger partial charge in [0.05, 0.1) is 14.2 Å². The van der Waals surface area contributed by atoms with Gasteiger partial charge >= 0.3 is 0 Å². The van der Waals surface area contributed by atoms with E-state index in [0.29, 0.717) is 11.8 Å². The zero-order valence-electron chi connectivity index (χ0n) is 14.2. The number of ether oxygens (including phenoxy) is 2. The number of unbranched alkanes of at least 4 members (excludes halogenated alkanes) is 4. The second-order valence-electron chi connectivity index (χ2n) is 5.64. The van der Waals surface area contributed by atoms with Crippen LogP contribution in [0.1, 0.15) is 76.7 Å². The van der Waals surface area contributed by atoms with Crippen molar-refractivity contribution in [2.24, 2.45) is 0 Å². The highest BCUT2D eigenvalue weighted by atomic mass is 16.5. The van der Waals surface area contributed by atoms with Crippen LogP contribution >= 0.6 is 0 Å². The maximum Gasteiger partial charge on any atom is 0.219 e. The fourth-order valence-corrected chi connectivity index (χ4v) is 2.76. The van der Waals surface area contributed by atoms with Gasteiger partial charge in [-0.3, -0.25) is 0 Å². The lowest BCUT2D eigenvalue weighted by Gasteiger charge is -2.19. The van der Waals surface area contributed by atoms with E-state index in [1.165, 1.54) is 56.9 Å². The van der Waals surface area contributed by atoms with Gasteiger partial charge in [0.25, 0.3) is 0 Å². The van der Waals surface area contributed by atoms with Crippen LogP contribution in [-0.2, 0) is 0 Å². The summed E-state index contributed by atoms with van der Waals surface area (Å²) < 4.78 is 10.7. The van der Waals surface area contributed by atoms with Gasteiger partial charge in [-0.25, -0.2) is 0 Å². The van der Waals surface area contributed by atoms with Crippen LogP contribution in [0.3, 0.4) is 0 Å². The molecular weight excluding hydrogens is 262 g/mol. The Kier molecular flexibility index (Phi) is 8.88. The van der Waals surface area contributed by atoms with Crippen molar-refractivity contribution in [1.29, 1.82) is 0 Å². The second-order valence-corrected chi connectivity index (χ2v) is 5.64. The number of methoxy groups -OCH3 is 2. The molecule has 120 valence electrons. The lowest BCUT2D eigenvalue weighted by molar-refractivity contribution is 0.355. The van der Waals surface area contributed by atoms with Crippen LogP contribution < -0.4 is 9.47 Å². The van der Waals surface area contributed by atoms with Gasteiger partial charge in [-0.2, -0.15) is 4.98 Å². The lowest BCUT2D eigenvalue weighted by atomic mass is 9.89. The Hall–Kier alpha value is -1.25. The van der Waals surface area contributed by atoms with E-state index in [4.69, 9.17) is 9.47 Å². The lowest BCUT2D eigenvalue weighted by Crippen LogP contribution is -2.05. The van der Waals surface area contributed by atoms with E-state index in [2.05, 4.69) is 24.9 Å². The molecule has 1 aromatic rings. The van der Waals surface area contributed by atoms with E-state index in [0.717, 1.165) is 5.88 Å². The molecule has 0 saturated carbocycles. The van der Waals surface area contributed by atoms with Gasteiger partial charge in [-0.15, -0.1) is 0 Å². The van der Waals surface area contributed by atoms with E-state index in [1.54, 1.807) is 14.2 Å². The third-order valence-corrected chi connectivity index (χ3v) is 4.02. The van der Waals surface area contributed by atoms with Crippen LogP contribution in [0.4, 0.5) is 0 Å². The average molecular weight is 293 g/mol. The van der Waals surface area contributed by atoms with Crippen molar-refractivity contribution >= 4 is 0 Å². The van der Waals surface area contributed by atoms with Gasteiger partial charge in [0.15, 0.2) is 0 Å². The fraction of sp³-hybridized carbons (Fsp3) is 0.722. The third kappa shape index (κ3) is 5.94. The first-order valence-corrected chi connectivity index (χ1v) is 8.35. The van der Waals surface area contributed by atoms with E-state index in [1.807, 2.05) is 6.07 Å². The van der Waals surface area contributed by atoms with Crippen LogP contribution in [0, 0.1) is 0 Å². The molecule has 21 heavy (non-hydrogen) atoms. The quantitative estimate of drug-likeness (QED) is 0.516. The number of rotatable bonds is 11. The molecule has 0 aliphatic carbocycles. The second kappa shape index (κ2) is 10.5. The summed E-state index contributed by atoms with van der Waals surface area (Å²) >= 11 is 0. The zero-order valence-corrected chi connectivity index (χ0v) is 14.2. The first kappa shape index (κ1) is 17.8. The molecule has 3 heteroatoms. The fourth-order valence-electron chi connectivity index (χ4n) is 2.76. The topological polar surface area (TPSA) is 31.4 Å². The van der Waals surface area contributed by atoms with Crippen LogP contribution in [0.2, 0.25) is 0 Å². The summed E-state index contributed by atoms with van der Waals surface area (Å²) in [5.74, 6) is 1.90. The molecule has 0 atom stereocenters. The Morgan fingerprint density at radius 3 is 2.00 bits per heavy atom. The third-order valence-electron chi connectivity index (χ3n) is 4.02. The maximum atomic E-state index is 5.49. The largest absolute Gasteiger partial charge is 0.481 e. The van der Waals surface area contributed by atoms with Crippen molar-refractivity contribution in [1.82, 2.24) is 4.98 Å². The van der Waals surface area contributed by atoms with Crippen molar-refractivity contribution in [2.75, 3.05) is 14.2 Å². The van der Waals surface area contributed by atoms with Gasteiger partial charge in [-0.05, 0) is 24.8 Å². The minimum absolute atomic E-state index is 0.552. The molecule has 0 bridgehead atoms. The van der Waals surface area contributed by atoms with Crippen molar-refractivity contribution in [3.8, 4) is 11.8 Å². The summed E-state index contributed by atoms with van der Waals surface area (Å²) in [6.45, 7) is 4.50. The molecule has 1 heterocycles. The maximum absolute atomic E-state index is 5.49. The number of aromatic nitrogens is 1. The van der Waals surface area contributed by atoms with Crippen LogP contribution in [0.5, 0.6) is 11.8 Å². The first-order valence-electron chi connectivity index (χ1n) is 8.35. The van der Waals surface area contributed by atoms with Crippen molar-refractivity contribution in [3.05, 3.63) is 17.7 Å². The minimum atomic E-state index is 0.552. The monoisotopic (exact) mass is 293 g/mol. The van der Waals surface area contributed by atoms with Gasteiger partial charge in [0.1, 0.15) is 0 Å². The summed E-state index contributed by atoms with van der Waals surface area (Å²) in [4.78, 5) is 4.44. The Bertz CT molecular complexity index is 383. The molecule has 0 saturated heterocycles. The highest BCUT2D eigenvalue weighted by Gasteiger charge is 2.17. The molecule has 1 aromatic heterocycles. The first-order chi connectivity index (χ1) is 10.3. The van der Waals surface area contributed by atoms with Gasteiger partial charge in [0.2, 0.25) is 11.8 Å². The zero-order chi connectivity index (χ0) is 15.5. The predicted molar refractivity (Wildman–Crippen MR) is 88.4 cm³/mol.